The van der Waals surface area contributed by atoms with Crippen molar-refractivity contribution >= 4 is 29.9 Å². The summed E-state index contributed by atoms with van der Waals surface area (Å²) in [5.41, 5.74) is 2.92. The summed E-state index contributed by atoms with van der Waals surface area (Å²) in [5, 5.41) is 6.68. The summed E-state index contributed by atoms with van der Waals surface area (Å²) in [7, 11) is 1.70. The first-order chi connectivity index (χ1) is 14.2. The highest BCUT2D eigenvalue weighted by Gasteiger charge is 2.12. The monoisotopic (exact) mass is 520 g/mol. The molecule has 1 aromatic heterocycles. The molecule has 0 bridgehead atoms. The van der Waals surface area contributed by atoms with E-state index in [0.29, 0.717) is 12.4 Å². The number of aromatic nitrogens is 1. The molecular formula is C23H29IN4O2. The predicted octanol–water partition coefficient (Wildman–Crippen LogP) is 4.83. The lowest BCUT2D eigenvalue weighted by Crippen LogP contribution is -2.39. The normalized spacial score (nSPS) is 12.0. The molecule has 0 amide bonds. The van der Waals surface area contributed by atoms with Crippen LogP contribution in [0, 0.1) is 0 Å². The second-order valence-corrected chi connectivity index (χ2v) is 6.73. The number of hydrogen-bond acceptors (Lipinski definition) is 4. The Morgan fingerprint density at radius 3 is 2.57 bits per heavy atom. The molecule has 0 radical (unpaired) electrons. The van der Waals surface area contributed by atoms with Gasteiger partial charge in [-0.25, -0.2) is 9.98 Å². The van der Waals surface area contributed by atoms with Crippen LogP contribution in [0.2, 0.25) is 0 Å². The zero-order valence-corrected chi connectivity index (χ0v) is 19.9. The minimum atomic E-state index is 0. The molecule has 0 fully saturated rings. The molecule has 3 aromatic rings. The van der Waals surface area contributed by atoms with Gasteiger partial charge in [0.05, 0.1) is 13.7 Å². The van der Waals surface area contributed by atoms with Crippen LogP contribution in [0.4, 0.5) is 0 Å². The molecule has 0 aliphatic carbocycles. The average molecular weight is 520 g/mol. The Morgan fingerprint density at radius 1 is 1.10 bits per heavy atom. The fraction of sp³-hybridized carbons (Fsp3) is 0.304. The predicted molar refractivity (Wildman–Crippen MR) is 132 cm³/mol. The fourth-order valence-corrected chi connectivity index (χ4v) is 3.03. The van der Waals surface area contributed by atoms with E-state index in [1.54, 1.807) is 13.4 Å². The van der Waals surface area contributed by atoms with E-state index in [0.717, 1.165) is 36.1 Å². The van der Waals surface area contributed by atoms with Crippen molar-refractivity contribution in [1.29, 1.82) is 0 Å². The number of oxazole rings is 1. The van der Waals surface area contributed by atoms with Crippen molar-refractivity contribution < 1.29 is 9.15 Å². The van der Waals surface area contributed by atoms with E-state index >= 15 is 0 Å². The van der Waals surface area contributed by atoms with Gasteiger partial charge in [0.25, 0.3) is 0 Å². The summed E-state index contributed by atoms with van der Waals surface area (Å²) in [6.45, 7) is 6.17. The van der Waals surface area contributed by atoms with Crippen molar-refractivity contribution in [2.75, 3.05) is 20.2 Å². The highest BCUT2D eigenvalue weighted by molar-refractivity contribution is 14.0. The van der Waals surface area contributed by atoms with Gasteiger partial charge >= 0.3 is 0 Å². The number of methoxy groups -OCH3 is 1. The van der Waals surface area contributed by atoms with Crippen LogP contribution in [0.3, 0.4) is 0 Å². The topological polar surface area (TPSA) is 71.7 Å². The van der Waals surface area contributed by atoms with Gasteiger partial charge in [-0.05, 0) is 30.7 Å². The number of nitrogens with one attached hydrogen (secondary N) is 2. The Bertz CT molecular complexity index is 928. The average Bonchev–Trinajstić information content (AvgIpc) is 3.25. The lowest BCUT2D eigenvalue weighted by molar-refractivity contribution is 0.406. The second kappa shape index (κ2) is 12.2. The van der Waals surface area contributed by atoms with E-state index in [2.05, 4.69) is 33.6 Å². The molecule has 0 saturated heterocycles. The quantitative estimate of drug-likeness (QED) is 0.253. The van der Waals surface area contributed by atoms with Gasteiger partial charge in [0.15, 0.2) is 5.96 Å². The highest BCUT2D eigenvalue weighted by atomic mass is 127. The van der Waals surface area contributed by atoms with Gasteiger partial charge in [-0.3, -0.25) is 0 Å². The third kappa shape index (κ3) is 6.48. The number of halogens is 1. The van der Waals surface area contributed by atoms with Crippen LogP contribution in [0.25, 0.3) is 11.5 Å². The van der Waals surface area contributed by atoms with Gasteiger partial charge in [0.1, 0.15) is 17.7 Å². The molecule has 1 unspecified atom stereocenters. The molecule has 0 aliphatic rings. The van der Waals surface area contributed by atoms with E-state index in [-0.39, 0.29) is 29.9 Å². The number of nitrogens with zero attached hydrogens (tertiary/aromatic N) is 2. The number of hydrogen-bond donors (Lipinski definition) is 2. The molecule has 1 heterocycles. The second-order valence-electron chi connectivity index (χ2n) is 6.73. The molecule has 0 saturated carbocycles. The first-order valence-corrected chi connectivity index (χ1v) is 9.86. The van der Waals surface area contributed by atoms with Gasteiger partial charge < -0.3 is 19.8 Å². The van der Waals surface area contributed by atoms with Gasteiger partial charge in [-0.15, -0.1) is 24.0 Å². The molecule has 0 aliphatic heterocycles. The largest absolute Gasteiger partial charge is 0.496 e. The minimum absolute atomic E-state index is 0. The maximum absolute atomic E-state index is 5.59. The Hall–Kier alpha value is -2.55. The van der Waals surface area contributed by atoms with E-state index < -0.39 is 0 Å². The van der Waals surface area contributed by atoms with Crippen molar-refractivity contribution in [2.24, 2.45) is 4.99 Å². The van der Waals surface area contributed by atoms with Crippen LogP contribution in [0.15, 0.2) is 70.3 Å². The molecule has 0 spiro atoms. The maximum atomic E-state index is 5.59. The Kier molecular flexibility index (Phi) is 9.66. The summed E-state index contributed by atoms with van der Waals surface area (Å²) in [6, 6.07) is 17.9. The number of ether oxygens (including phenoxy) is 1. The standard InChI is InChI=1S/C23H28N4O2.HI/c1-4-24-23(25-14-17(2)20-12-8-9-13-21(20)28-3)26-15-19-16-29-22(27-19)18-10-6-5-7-11-18;/h5-13,16-17H,4,14-15H2,1-3H3,(H2,24,25,26);1H. The first-order valence-electron chi connectivity index (χ1n) is 9.86. The molecule has 6 nitrogen and oxygen atoms in total. The lowest BCUT2D eigenvalue weighted by Gasteiger charge is -2.18. The zero-order valence-electron chi connectivity index (χ0n) is 17.6. The van der Waals surface area contributed by atoms with Crippen molar-refractivity contribution in [3.63, 3.8) is 0 Å². The van der Waals surface area contributed by atoms with E-state index in [9.17, 15) is 0 Å². The summed E-state index contributed by atoms with van der Waals surface area (Å²) in [5.74, 6) is 2.53. The van der Waals surface area contributed by atoms with Crippen molar-refractivity contribution in [2.45, 2.75) is 26.3 Å². The van der Waals surface area contributed by atoms with Crippen LogP contribution in [-0.4, -0.2) is 31.1 Å². The SMILES string of the molecule is CCNC(=NCc1coc(-c2ccccc2)n1)NCC(C)c1ccccc1OC.I. The number of para-hydroxylation sites is 1. The molecule has 2 aromatic carbocycles. The third-order valence-corrected chi connectivity index (χ3v) is 4.56. The fourth-order valence-electron chi connectivity index (χ4n) is 3.03. The first kappa shape index (κ1) is 23.7. The summed E-state index contributed by atoms with van der Waals surface area (Å²) in [4.78, 5) is 9.17. The van der Waals surface area contributed by atoms with Gasteiger partial charge in [0, 0.05) is 24.6 Å². The van der Waals surface area contributed by atoms with Gasteiger partial charge in [-0.2, -0.15) is 0 Å². The molecular weight excluding hydrogens is 491 g/mol. The maximum Gasteiger partial charge on any atom is 0.226 e. The van der Waals surface area contributed by atoms with Crippen LogP contribution in [0.5, 0.6) is 5.75 Å². The zero-order chi connectivity index (χ0) is 20.5. The van der Waals surface area contributed by atoms with E-state index in [1.807, 2.05) is 55.5 Å². The van der Waals surface area contributed by atoms with Crippen molar-refractivity contribution in [1.82, 2.24) is 15.6 Å². The number of rotatable bonds is 8. The van der Waals surface area contributed by atoms with Crippen LogP contribution in [-0.2, 0) is 6.54 Å². The summed E-state index contributed by atoms with van der Waals surface area (Å²) < 4.78 is 11.1. The molecule has 1 atom stereocenters. The Labute approximate surface area is 195 Å². The molecule has 30 heavy (non-hydrogen) atoms. The molecule has 7 heteroatoms. The number of guanidine groups is 1. The third-order valence-electron chi connectivity index (χ3n) is 4.56. The van der Waals surface area contributed by atoms with Crippen LogP contribution in [0.1, 0.15) is 31.0 Å². The summed E-state index contributed by atoms with van der Waals surface area (Å²) in [6.07, 6.45) is 1.66. The molecule has 160 valence electrons. The minimum Gasteiger partial charge on any atom is -0.496 e. The lowest BCUT2D eigenvalue weighted by atomic mass is 10.0. The van der Waals surface area contributed by atoms with Crippen molar-refractivity contribution in [3.8, 4) is 17.2 Å². The van der Waals surface area contributed by atoms with Crippen molar-refractivity contribution in [3.05, 3.63) is 72.1 Å². The smallest absolute Gasteiger partial charge is 0.226 e. The summed E-state index contributed by atoms with van der Waals surface area (Å²) >= 11 is 0. The van der Waals surface area contributed by atoms with E-state index in [1.165, 1.54) is 5.56 Å². The number of benzene rings is 2. The van der Waals surface area contributed by atoms with E-state index in [4.69, 9.17) is 9.15 Å². The molecule has 2 N–H and O–H groups in total. The van der Waals surface area contributed by atoms with Crippen LogP contribution >= 0.6 is 24.0 Å². The van der Waals surface area contributed by atoms with Crippen LogP contribution < -0.4 is 15.4 Å². The highest BCUT2D eigenvalue weighted by Crippen LogP contribution is 2.25. The van der Waals surface area contributed by atoms with Gasteiger partial charge in [-0.1, -0.05) is 43.3 Å². The Morgan fingerprint density at radius 2 is 1.83 bits per heavy atom. The Balaban J connectivity index is 0.00000320. The number of aliphatic imine (C=N–C) groups is 1. The van der Waals surface area contributed by atoms with Gasteiger partial charge in [0.2, 0.25) is 5.89 Å². The molecule has 3 rings (SSSR count).